The van der Waals surface area contributed by atoms with E-state index < -0.39 is 21.6 Å². The Balaban J connectivity index is 1.39. The molecule has 5 rings (SSSR count). The molecular formula is C21H16ClN5O5S2. The summed E-state index contributed by atoms with van der Waals surface area (Å²) in [6.45, 7) is 0.768. The molecule has 0 aliphatic carbocycles. The first-order valence-electron chi connectivity index (χ1n) is 9.93. The zero-order valence-electron chi connectivity index (χ0n) is 17.2. The Labute approximate surface area is 201 Å². The van der Waals surface area contributed by atoms with Crippen LogP contribution >= 0.6 is 22.9 Å². The number of carbonyl (C=O) groups excluding carboxylic acids is 1. The summed E-state index contributed by atoms with van der Waals surface area (Å²) in [7, 11) is -4.08. The highest BCUT2D eigenvalue weighted by atomic mass is 35.5. The molecule has 0 spiro atoms. The van der Waals surface area contributed by atoms with Gasteiger partial charge in [0.1, 0.15) is 10.0 Å². The van der Waals surface area contributed by atoms with Crippen molar-refractivity contribution in [3.8, 4) is 11.7 Å². The van der Waals surface area contributed by atoms with Crippen LogP contribution in [-0.2, 0) is 16.4 Å². The van der Waals surface area contributed by atoms with Gasteiger partial charge >= 0.3 is 6.03 Å². The van der Waals surface area contributed by atoms with Gasteiger partial charge in [-0.25, -0.2) is 27.5 Å². The fourth-order valence-corrected chi connectivity index (χ4v) is 6.17. The Morgan fingerprint density at radius 2 is 2.00 bits per heavy atom. The molecule has 4 aromatic rings. The van der Waals surface area contributed by atoms with Crippen molar-refractivity contribution in [1.82, 2.24) is 14.3 Å². The van der Waals surface area contributed by atoms with Gasteiger partial charge in [-0.1, -0.05) is 11.6 Å². The third-order valence-electron chi connectivity index (χ3n) is 5.26. The molecule has 4 heterocycles. The number of halogens is 1. The lowest BCUT2D eigenvalue weighted by Gasteiger charge is -2.13. The van der Waals surface area contributed by atoms with Crippen molar-refractivity contribution in [3.63, 3.8) is 0 Å². The number of fused-ring (bicyclic) bond motifs is 3. The molecule has 3 aromatic heterocycles. The Morgan fingerprint density at radius 3 is 2.71 bits per heavy atom. The number of rotatable bonds is 4. The van der Waals surface area contributed by atoms with Crippen molar-refractivity contribution in [2.75, 3.05) is 17.2 Å². The van der Waals surface area contributed by atoms with E-state index in [-0.39, 0.29) is 25.9 Å². The summed E-state index contributed by atoms with van der Waals surface area (Å²) in [6.07, 6.45) is 2.00. The van der Waals surface area contributed by atoms with Crippen molar-refractivity contribution < 1.29 is 18.3 Å². The minimum Gasteiger partial charge on any atom is -0.494 e. The number of benzene rings is 1. The number of pyridine rings is 2. The molecule has 0 radical (unpaired) electrons. The highest BCUT2D eigenvalue weighted by molar-refractivity contribution is 7.92. The standard InChI is InChI=1S/C21H16ClN5O5S2/c22-16-4-6-19(33-16)34(31,32)26-21(30)25-11-1-5-17(24-10-11)27-18(28)9-14-12-7-8-23-15(12)3-2-13(14)20(27)29/h1-6,9-10,23,29H,7-8H2,(H2,25,26,30). The van der Waals surface area contributed by atoms with Crippen LogP contribution in [0.1, 0.15) is 5.56 Å². The largest absolute Gasteiger partial charge is 0.494 e. The fourth-order valence-electron chi connectivity index (χ4n) is 3.78. The Kier molecular flexibility index (Phi) is 5.42. The number of hydrogen-bond acceptors (Lipinski definition) is 8. The second kappa shape index (κ2) is 8.31. The van der Waals surface area contributed by atoms with E-state index >= 15 is 0 Å². The van der Waals surface area contributed by atoms with E-state index in [4.69, 9.17) is 11.6 Å². The van der Waals surface area contributed by atoms with Gasteiger partial charge in [-0.3, -0.25) is 4.79 Å². The van der Waals surface area contributed by atoms with Gasteiger partial charge in [0.25, 0.3) is 15.6 Å². The Morgan fingerprint density at radius 1 is 1.18 bits per heavy atom. The number of nitrogens with one attached hydrogen (secondary N) is 3. The minimum absolute atomic E-state index is 0.103. The van der Waals surface area contributed by atoms with E-state index in [9.17, 15) is 23.1 Å². The SMILES string of the molecule is O=C(Nc1ccc(-n2c(O)c3ccc4c(c3cc2=O)CCN4)nc1)NS(=O)(=O)c1ccc(Cl)s1. The van der Waals surface area contributed by atoms with Crippen LogP contribution in [0.4, 0.5) is 16.2 Å². The smallest absolute Gasteiger partial charge is 0.333 e. The van der Waals surface area contributed by atoms with Crippen LogP contribution in [0.5, 0.6) is 5.88 Å². The third-order valence-corrected chi connectivity index (χ3v) is 8.32. The van der Waals surface area contributed by atoms with Crippen LogP contribution in [0.25, 0.3) is 16.6 Å². The van der Waals surface area contributed by atoms with Gasteiger partial charge in [-0.05, 0) is 53.8 Å². The van der Waals surface area contributed by atoms with Crippen molar-refractivity contribution in [3.05, 3.63) is 68.9 Å². The average Bonchev–Trinajstić information content (AvgIpc) is 3.44. The van der Waals surface area contributed by atoms with Gasteiger partial charge in [-0.2, -0.15) is 0 Å². The van der Waals surface area contributed by atoms with Gasteiger partial charge in [-0.15, -0.1) is 11.3 Å². The molecule has 2 amide bonds. The molecule has 34 heavy (non-hydrogen) atoms. The summed E-state index contributed by atoms with van der Waals surface area (Å²) >= 11 is 6.57. The Hall–Kier alpha value is -3.61. The number of anilines is 2. The van der Waals surface area contributed by atoms with Gasteiger partial charge in [0.05, 0.1) is 16.2 Å². The van der Waals surface area contributed by atoms with Crippen LogP contribution in [-0.4, -0.2) is 35.7 Å². The second-order valence-electron chi connectivity index (χ2n) is 7.39. The first kappa shape index (κ1) is 22.2. The number of urea groups is 1. The molecule has 4 N–H and O–H groups in total. The summed E-state index contributed by atoms with van der Waals surface area (Å²) in [5.74, 6) is -0.112. The fraction of sp³-hybridized carbons (Fsp3) is 0.0952. The van der Waals surface area contributed by atoms with E-state index in [1.807, 2.05) is 10.8 Å². The van der Waals surface area contributed by atoms with Crippen molar-refractivity contribution in [2.45, 2.75) is 10.6 Å². The molecule has 0 unspecified atom stereocenters. The number of thiophene rings is 1. The highest BCUT2D eigenvalue weighted by Gasteiger charge is 2.21. The van der Waals surface area contributed by atoms with Gasteiger partial charge < -0.3 is 15.7 Å². The number of amides is 2. The zero-order chi connectivity index (χ0) is 24.0. The minimum atomic E-state index is -4.08. The molecule has 1 aliphatic rings. The van der Waals surface area contributed by atoms with Crippen LogP contribution in [0, 0.1) is 0 Å². The molecule has 0 saturated heterocycles. The molecule has 0 saturated carbocycles. The topological polar surface area (TPSA) is 142 Å². The normalized spacial score (nSPS) is 12.9. The van der Waals surface area contributed by atoms with Crippen molar-refractivity contribution in [2.24, 2.45) is 0 Å². The molecule has 0 atom stereocenters. The highest BCUT2D eigenvalue weighted by Crippen LogP contribution is 2.34. The zero-order valence-corrected chi connectivity index (χ0v) is 19.6. The van der Waals surface area contributed by atoms with E-state index in [1.54, 1.807) is 6.07 Å². The number of carbonyl (C=O) groups is 1. The van der Waals surface area contributed by atoms with Crippen LogP contribution in [0.2, 0.25) is 4.34 Å². The number of nitrogens with zero attached hydrogens (tertiary/aromatic N) is 2. The monoisotopic (exact) mass is 517 g/mol. The van der Waals surface area contributed by atoms with E-state index in [0.29, 0.717) is 10.8 Å². The summed E-state index contributed by atoms with van der Waals surface area (Å²) < 4.78 is 27.6. The van der Waals surface area contributed by atoms with Crippen molar-refractivity contribution >= 4 is 61.1 Å². The predicted octanol–water partition coefficient (Wildman–Crippen LogP) is 3.28. The molecule has 1 aliphatic heterocycles. The molecule has 13 heteroatoms. The van der Waals surface area contributed by atoms with Gasteiger partial charge in [0, 0.05) is 23.7 Å². The first-order valence-corrected chi connectivity index (χ1v) is 12.6. The summed E-state index contributed by atoms with van der Waals surface area (Å²) in [4.78, 5) is 29.1. The van der Waals surface area contributed by atoms with Crippen molar-refractivity contribution in [1.29, 1.82) is 0 Å². The predicted molar refractivity (Wildman–Crippen MR) is 130 cm³/mol. The molecule has 0 bridgehead atoms. The van der Waals surface area contributed by atoms with Crippen LogP contribution < -0.4 is 20.9 Å². The molecule has 1 aromatic carbocycles. The summed E-state index contributed by atoms with van der Waals surface area (Å²) in [5.41, 5.74) is 1.64. The van der Waals surface area contributed by atoms with E-state index in [1.165, 1.54) is 36.5 Å². The maximum absolute atomic E-state index is 12.8. The maximum atomic E-state index is 12.8. The molecular weight excluding hydrogens is 502 g/mol. The lowest BCUT2D eigenvalue weighted by atomic mass is 10.0. The van der Waals surface area contributed by atoms with E-state index in [2.05, 4.69) is 15.6 Å². The summed E-state index contributed by atoms with van der Waals surface area (Å²) in [6, 6.07) is 9.61. The maximum Gasteiger partial charge on any atom is 0.333 e. The van der Waals surface area contributed by atoms with Crippen LogP contribution in [0.15, 0.2) is 57.7 Å². The lowest BCUT2D eigenvalue weighted by molar-refractivity contribution is 0.256. The van der Waals surface area contributed by atoms with Gasteiger partial charge in [0.15, 0.2) is 0 Å². The second-order valence-corrected chi connectivity index (χ2v) is 11.0. The average molecular weight is 518 g/mol. The van der Waals surface area contributed by atoms with Crippen LogP contribution in [0.3, 0.4) is 0 Å². The van der Waals surface area contributed by atoms with E-state index in [0.717, 1.165) is 40.1 Å². The quantitative estimate of drug-likeness (QED) is 0.325. The number of aromatic nitrogens is 2. The number of aromatic hydroxyl groups is 1. The molecule has 0 fully saturated rings. The third kappa shape index (κ3) is 3.95. The number of hydrogen-bond donors (Lipinski definition) is 4. The molecule has 174 valence electrons. The number of sulfonamides is 1. The van der Waals surface area contributed by atoms with Gasteiger partial charge in [0.2, 0.25) is 5.88 Å². The lowest BCUT2D eigenvalue weighted by Crippen LogP contribution is -2.34. The summed E-state index contributed by atoms with van der Waals surface area (Å²) in [5, 5.41) is 17.6. The first-order chi connectivity index (χ1) is 16.2. The Bertz CT molecular complexity index is 1610. The molecule has 10 nitrogen and oxygen atoms in total.